The van der Waals surface area contributed by atoms with Gasteiger partial charge in [0.25, 0.3) is 0 Å². The number of nitrogens with zero attached hydrogens (tertiary/aromatic N) is 1. The van der Waals surface area contributed by atoms with Crippen LogP contribution in [0, 0.1) is 23.2 Å². The maximum absolute atomic E-state index is 12.4. The normalized spacial score (nSPS) is 35.5. The summed E-state index contributed by atoms with van der Waals surface area (Å²) < 4.78 is 0. The topological polar surface area (TPSA) is 32.3 Å². The first-order valence-electron chi connectivity index (χ1n) is 9.41. The lowest BCUT2D eigenvalue weighted by molar-refractivity contribution is -0.123. The van der Waals surface area contributed by atoms with E-state index in [1.807, 2.05) is 0 Å². The molecular formula is C19H34N2O. The highest BCUT2D eigenvalue weighted by atomic mass is 16.1. The zero-order valence-electron chi connectivity index (χ0n) is 14.7. The van der Waals surface area contributed by atoms with Crippen molar-refractivity contribution in [2.75, 3.05) is 19.6 Å². The largest absolute Gasteiger partial charge is 0.352 e. The van der Waals surface area contributed by atoms with Crippen LogP contribution in [0.25, 0.3) is 0 Å². The fourth-order valence-corrected chi connectivity index (χ4v) is 5.03. The third-order valence-electron chi connectivity index (χ3n) is 5.80. The number of carbonyl (C=O) groups excluding carboxylic acids is 1. The van der Waals surface area contributed by atoms with Gasteiger partial charge in [-0.1, -0.05) is 20.8 Å². The van der Waals surface area contributed by atoms with Gasteiger partial charge >= 0.3 is 0 Å². The van der Waals surface area contributed by atoms with Gasteiger partial charge in [0.1, 0.15) is 0 Å². The van der Waals surface area contributed by atoms with Gasteiger partial charge < -0.3 is 10.2 Å². The van der Waals surface area contributed by atoms with E-state index >= 15 is 0 Å². The Balaban J connectivity index is 1.40. The number of hydrogen-bond donors (Lipinski definition) is 1. The van der Waals surface area contributed by atoms with Crippen LogP contribution in [0.2, 0.25) is 0 Å². The van der Waals surface area contributed by atoms with Crippen molar-refractivity contribution in [3.8, 4) is 0 Å². The maximum atomic E-state index is 12.4. The van der Waals surface area contributed by atoms with Crippen LogP contribution in [0.15, 0.2) is 0 Å². The zero-order chi connectivity index (χ0) is 15.7. The Morgan fingerprint density at radius 1 is 1.18 bits per heavy atom. The summed E-state index contributed by atoms with van der Waals surface area (Å²) in [5, 5.41) is 3.31. The van der Waals surface area contributed by atoms with Crippen molar-refractivity contribution >= 4 is 5.91 Å². The quantitative estimate of drug-likeness (QED) is 0.844. The minimum absolute atomic E-state index is 0.299. The average Bonchev–Trinajstić information content (AvgIpc) is 3.06. The zero-order valence-corrected chi connectivity index (χ0v) is 14.7. The summed E-state index contributed by atoms with van der Waals surface area (Å²) in [6, 6.07) is 0.403. The lowest BCUT2D eigenvalue weighted by atomic mass is 9.67. The Hall–Kier alpha value is -0.570. The number of rotatable bonds is 5. The summed E-state index contributed by atoms with van der Waals surface area (Å²) in [6.07, 6.45) is 8.48. The Labute approximate surface area is 136 Å². The Kier molecular flexibility index (Phi) is 4.82. The van der Waals surface area contributed by atoms with Crippen LogP contribution in [0.5, 0.6) is 0 Å². The van der Waals surface area contributed by atoms with Crippen LogP contribution < -0.4 is 5.32 Å². The second-order valence-corrected chi connectivity index (χ2v) is 9.24. The van der Waals surface area contributed by atoms with E-state index in [4.69, 9.17) is 0 Å². The monoisotopic (exact) mass is 306 g/mol. The molecule has 0 unspecified atom stereocenters. The minimum Gasteiger partial charge on any atom is -0.352 e. The molecule has 3 heteroatoms. The van der Waals surface area contributed by atoms with E-state index in [2.05, 4.69) is 31.0 Å². The minimum atomic E-state index is 0.299. The molecule has 3 fully saturated rings. The van der Waals surface area contributed by atoms with E-state index < -0.39 is 0 Å². The molecule has 1 saturated heterocycles. The standard InChI is InChI=1S/C19H34N2O/c1-14-8-16(11-19(2,3)10-14)9-18(22)20-17-6-7-21(13-17)12-15-4-5-15/h14-17H,4-13H2,1-3H3,(H,20,22)/t14-,16+,17+/m0/s1. The molecule has 2 saturated carbocycles. The second-order valence-electron chi connectivity index (χ2n) is 9.24. The van der Waals surface area contributed by atoms with Crippen LogP contribution in [-0.4, -0.2) is 36.5 Å². The van der Waals surface area contributed by atoms with Gasteiger partial charge in [0.05, 0.1) is 0 Å². The van der Waals surface area contributed by atoms with Crippen LogP contribution in [0.4, 0.5) is 0 Å². The molecule has 1 heterocycles. The Morgan fingerprint density at radius 3 is 2.64 bits per heavy atom. The van der Waals surface area contributed by atoms with Crippen LogP contribution >= 0.6 is 0 Å². The van der Waals surface area contributed by atoms with E-state index in [-0.39, 0.29) is 0 Å². The van der Waals surface area contributed by atoms with E-state index in [0.717, 1.165) is 31.2 Å². The number of likely N-dealkylation sites (tertiary alicyclic amines) is 1. The fourth-order valence-electron chi connectivity index (χ4n) is 5.03. The van der Waals surface area contributed by atoms with E-state index in [1.54, 1.807) is 0 Å². The van der Waals surface area contributed by atoms with Gasteiger partial charge in [-0.15, -0.1) is 0 Å². The molecule has 0 spiro atoms. The molecule has 126 valence electrons. The molecule has 3 rings (SSSR count). The Morgan fingerprint density at radius 2 is 1.95 bits per heavy atom. The predicted molar refractivity (Wildman–Crippen MR) is 90.6 cm³/mol. The smallest absolute Gasteiger partial charge is 0.220 e. The third-order valence-corrected chi connectivity index (χ3v) is 5.80. The van der Waals surface area contributed by atoms with Crippen molar-refractivity contribution < 1.29 is 4.79 Å². The SMILES string of the molecule is C[C@H]1C[C@H](CC(=O)N[C@@H]2CCN(CC3CC3)C2)CC(C)(C)C1. The van der Waals surface area contributed by atoms with Gasteiger partial charge in [-0.3, -0.25) is 4.79 Å². The molecular weight excluding hydrogens is 272 g/mol. The molecule has 1 aliphatic heterocycles. The molecule has 0 radical (unpaired) electrons. The lowest BCUT2D eigenvalue weighted by Gasteiger charge is -2.38. The molecule has 2 aliphatic carbocycles. The van der Waals surface area contributed by atoms with Crippen molar-refractivity contribution in [1.29, 1.82) is 0 Å². The van der Waals surface area contributed by atoms with Gasteiger partial charge in [-0.2, -0.15) is 0 Å². The van der Waals surface area contributed by atoms with Gasteiger partial charge in [-0.05, 0) is 61.7 Å². The molecule has 1 N–H and O–H groups in total. The molecule has 3 atom stereocenters. The molecule has 22 heavy (non-hydrogen) atoms. The number of amides is 1. The summed E-state index contributed by atoms with van der Waals surface area (Å²) in [7, 11) is 0. The number of carbonyl (C=O) groups is 1. The van der Waals surface area contributed by atoms with Gasteiger partial charge in [0.15, 0.2) is 0 Å². The van der Waals surface area contributed by atoms with Crippen LogP contribution in [0.1, 0.15) is 65.7 Å². The van der Waals surface area contributed by atoms with Crippen molar-refractivity contribution in [2.45, 2.75) is 71.8 Å². The molecule has 0 aromatic rings. The van der Waals surface area contributed by atoms with E-state index in [0.29, 0.717) is 23.3 Å². The second kappa shape index (κ2) is 6.51. The fraction of sp³-hybridized carbons (Fsp3) is 0.947. The van der Waals surface area contributed by atoms with Crippen molar-refractivity contribution in [3.63, 3.8) is 0 Å². The maximum Gasteiger partial charge on any atom is 0.220 e. The number of nitrogens with one attached hydrogen (secondary N) is 1. The summed E-state index contributed by atoms with van der Waals surface area (Å²) >= 11 is 0. The van der Waals surface area contributed by atoms with E-state index in [9.17, 15) is 4.79 Å². The Bertz CT molecular complexity index is 402. The number of hydrogen-bond acceptors (Lipinski definition) is 2. The van der Waals surface area contributed by atoms with E-state index in [1.165, 1.54) is 45.2 Å². The van der Waals surface area contributed by atoms with Crippen molar-refractivity contribution in [3.05, 3.63) is 0 Å². The lowest BCUT2D eigenvalue weighted by Crippen LogP contribution is -2.39. The molecule has 0 bridgehead atoms. The average molecular weight is 306 g/mol. The van der Waals surface area contributed by atoms with Crippen molar-refractivity contribution in [2.24, 2.45) is 23.2 Å². The first-order valence-corrected chi connectivity index (χ1v) is 9.41. The molecule has 0 aromatic carbocycles. The summed E-state index contributed by atoms with van der Waals surface area (Å²) in [4.78, 5) is 14.9. The van der Waals surface area contributed by atoms with Crippen LogP contribution in [0.3, 0.4) is 0 Å². The highest BCUT2D eigenvalue weighted by Crippen LogP contribution is 2.42. The predicted octanol–water partition coefficient (Wildman–Crippen LogP) is 3.44. The van der Waals surface area contributed by atoms with Crippen LogP contribution in [-0.2, 0) is 4.79 Å². The van der Waals surface area contributed by atoms with Gasteiger partial charge in [0.2, 0.25) is 5.91 Å². The molecule has 0 aromatic heterocycles. The molecule has 3 aliphatic rings. The van der Waals surface area contributed by atoms with Crippen molar-refractivity contribution in [1.82, 2.24) is 10.2 Å². The van der Waals surface area contributed by atoms with Gasteiger partial charge in [-0.25, -0.2) is 0 Å². The third kappa shape index (κ3) is 4.71. The first kappa shape index (κ1) is 16.3. The summed E-state index contributed by atoms with van der Waals surface area (Å²) in [5.41, 5.74) is 0.414. The summed E-state index contributed by atoms with van der Waals surface area (Å²) in [5.74, 6) is 2.61. The highest BCUT2D eigenvalue weighted by molar-refractivity contribution is 5.76. The first-order chi connectivity index (χ1) is 10.4. The molecule has 1 amide bonds. The van der Waals surface area contributed by atoms with Gasteiger partial charge in [0, 0.05) is 32.1 Å². The highest BCUT2D eigenvalue weighted by Gasteiger charge is 2.34. The molecule has 3 nitrogen and oxygen atoms in total. The summed E-state index contributed by atoms with van der Waals surface area (Å²) in [6.45, 7) is 10.6.